The third kappa shape index (κ3) is 2.99. The summed E-state index contributed by atoms with van der Waals surface area (Å²) >= 11 is 1.01. The summed E-state index contributed by atoms with van der Waals surface area (Å²) in [6.45, 7) is 3.04. The molecule has 0 aliphatic heterocycles. The van der Waals surface area contributed by atoms with Crippen molar-refractivity contribution in [1.82, 2.24) is 23.4 Å². The zero-order valence-corrected chi connectivity index (χ0v) is 13.6. The van der Waals surface area contributed by atoms with Crippen LogP contribution in [0.4, 0.5) is 10.8 Å². The molecule has 0 fully saturated rings. The first kappa shape index (κ1) is 15.7. The van der Waals surface area contributed by atoms with Crippen molar-refractivity contribution in [1.29, 1.82) is 0 Å². The van der Waals surface area contributed by atoms with Crippen LogP contribution in [0.3, 0.4) is 0 Å². The zero-order chi connectivity index (χ0) is 15.6. The van der Waals surface area contributed by atoms with Crippen LogP contribution in [-0.4, -0.2) is 46.0 Å². The summed E-state index contributed by atoms with van der Waals surface area (Å²) < 4.78 is 31.4. The van der Waals surface area contributed by atoms with Gasteiger partial charge in [-0.1, -0.05) is 0 Å². The number of anilines is 2. The van der Waals surface area contributed by atoms with Gasteiger partial charge in [-0.2, -0.15) is 4.37 Å². The maximum absolute atomic E-state index is 12.3. The van der Waals surface area contributed by atoms with Gasteiger partial charge in [-0.3, -0.25) is 0 Å². The summed E-state index contributed by atoms with van der Waals surface area (Å²) in [4.78, 5) is 0.0000591. The Bertz CT molecular complexity index is 720. The van der Waals surface area contributed by atoms with Crippen LogP contribution in [0.15, 0.2) is 11.2 Å². The quantitative estimate of drug-likeness (QED) is 0.776. The van der Waals surface area contributed by atoms with E-state index in [-0.39, 0.29) is 10.7 Å². The standard InChI is InChI=1S/C10H17N7O2S2/c1-4-17-6-13-14-7(17)5-12-10-8(9(11)15-20-10)21(18,19)16(2)3/h6,12H,4-5H2,1-3H3,(H2,11,15). The van der Waals surface area contributed by atoms with E-state index in [2.05, 4.69) is 19.9 Å². The molecule has 11 heteroatoms. The number of hydrogen-bond donors (Lipinski definition) is 2. The van der Waals surface area contributed by atoms with Crippen LogP contribution in [0, 0.1) is 0 Å². The van der Waals surface area contributed by atoms with Gasteiger partial charge in [-0.15, -0.1) is 10.2 Å². The smallest absolute Gasteiger partial charge is 0.249 e. The van der Waals surface area contributed by atoms with Crippen molar-refractivity contribution in [3.8, 4) is 0 Å². The van der Waals surface area contributed by atoms with Crippen LogP contribution < -0.4 is 11.1 Å². The van der Waals surface area contributed by atoms with E-state index in [4.69, 9.17) is 5.73 Å². The van der Waals surface area contributed by atoms with Crippen LogP contribution in [-0.2, 0) is 23.1 Å². The first-order chi connectivity index (χ1) is 9.87. The second-order valence-corrected chi connectivity index (χ2v) is 7.26. The summed E-state index contributed by atoms with van der Waals surface area (Å²) in [5.74, 6) is 0.700. The van der Waals surface area contributed by atoms with Gasteiger partial charge in [0.25, 0.3) is 0 Å². The third-order valence-electron chi connectivity index (χ3n) is 2.86. The Labute approximate surface area is 127 Å². The Morgan fingerprint density at radius 1 is 1.48 bits per heavy atom. The van der Waals surface area contributed by atoms with Crippen LogP contribution >= 0.6 is 11.5 Å². The molecule has 0 saturated carbocycles. The van der Waals surface area contributed by atoms with Crippen molar-refractivity contribution in [2.45, 2.75) is 24.9 Å². The Morgan fingerprint density at radius 3 is 2.81 bits per heavy atom. The van der Waals surface area contributed by atoms with Crippen molar-refractivity contribution < 1.29 is 8.42 Å². The van der Waals surface area contributed by atoms with Gasteiger partial charge in [0.15, 0.2) is 16.5 Å². The Balaban J connectivity index is 2.27. The lowest BCUT2D eigenvalue weighted by atomic mass is 10.5. The first-order valence-corrected chi connectivity index (χ1v) is 8.37. The molecule has 0 aliphatic rings. The number of nitrogens with zero attached hydrogens (tertiary/aromatic N) is 5. The molecule has 0 saturated heterocycles. The molecule has 2 aromatic rings. The molecule has 116 valence electrons. The molecule has 0 aliphatic carbocycles. The number of hydrogen-bond acceptors (Lipinski definition) is 8. The van der Waals surface area contributed by atoms with Crippen molar-refractivity contribution in [2.24, 2.45) is 0 Å². The number of aromatic nitrogens is 4. The van der Waals surface area contributed by atoms with Gasteiger partial charge in [0.2, 0.25) is 10.0 Å². The number of sulfonamides is 1. The molecule has 0 amide bonds. The molecule has 0 atom stereocenters. The molecule has 3 N–H and O–H groups in total. The molecular formula is C10H17N7O2S2. The molecule has 0 bridgehead atoms. The van der Waals surface area contributed by atoms with E-state index >= 15 is 0 Å². The first-order valence-electron chi connectivity index (χ1n) is 6.16. The lowest BCUT2D eigenvalue weighted by Gasteiger charge is -2.12. The number of nitrogens with two attached hydrogens (primary N) is 1. The minimum absolute atomic E-state index is 0.0000591. The van der Waals surface area contributed by atoms with E-state index in [9.17, 15) is 8.42 Å². The average Bonchev–Trinajstić information content (AvgIpc) is 3.02. The van der Waals surface area contributed by atoms with E-state index in [0.29, 0.717) is 17.4 Å². The molecule has 2 heterocycles. The molecule has 9 nitrogen and oxygen atoms in total. The van der Waals surface area contributed by atoms with Gasteiger partial charge in [-0.05, 0) is 18.5 Å². The van der Waals surface area contributed by atoms with Crippen molar-refractivity contribution >= 4 is 32.4 Å². The highest BCUT2D eigenvalue weighted by Crippen LogP contribution is 2.33. The Hall–Kier alpha value is -1.72. The van der Waals surface area contributed by atoms with Crippen LogP contribution in [0.25, 0.3) is 0 Å². The Morgan fingerprint density at radius 2 is 2.19 bits per heavy atom. The fourth-order valence-corrected chi connectivity index (χ4v) is 3.75. The second-order valence-electron chi connectivity index (χ2n) is 4.40. The number of nitrogens with one attached hydrogen (secondary N) is 1. The van der Waals surface area contributed by atoms with Gasteiger partial charge in [-0.25, -0.2) is 12.7 Å². The van der Waals surface area contributed by atoms with Crippen LogP contribution in [0.1, 0.15) is 12.7 Å². The zero-order valence-electron chi connectivity index (χ0n) is 11.9. The molecule has 2 aromatic heterocycles. The van der Waals surface area contributed by atoms with Crippen LogP contribution in [0.2, 0.25) is 0 Å². The maximum Gasteiger partial charge on any atom is 0.249 e. The normalized spacial score (nSPS) is 12.0. The largest absolute Gasteiger partial charge is 0.382 e. The molecule has 0 spiro atoms. The summed E-state index contributed by atoms with van der Waals surface area (Å²) in [7, 11) is -0.754. The summed E-state index contributed by atoms with van der Waals surface area (Å²) in [5.41, 5.74) is 5.69. The van der Waals surface area contributed by atoms with E-state index in [1.807, 2.05) is 11.5 Å². The van der Waals surface area contributed by atoms with Gasteiger partial charge < -0.3 is 15.6 Å². The topological polar surface area (TPSA) is 119 Å². The van der Waals surface area contributed by atoms with Gasteiger partial charge >= 0.3 is 0 Å². The molecule has 0 unspecified atom stereocenters. The molecular weight excluding hydrogens is 314 g/mol. The fraction of sp³-hybridized carbons (Fsp3) is 0.500. The average molecular weight is 331 g/mol. The number of nitrogen functional groups attached to an aromatic ring is 1. The third-order valence-corrected chi connectivity index (χ3v) is 5.70. The lowest BCUT2D eigenvalue weighted by Crippen LogP contribution is -2.23. The van der Waals surface area contributed by atoms with E-state index < -0.39 is 10.0 Å². The molecule has 0 radical (unpaired) electrons. The van der Waals surface area contributed by atoms with Crippen molar-refractivity contribution in [3.05, 3.63) is 12.2 Å². The highest BCUT2D eigenvalue weighted by Gasteiger charge is 2.27. The van der Waals surface area contributed by atoms with Gasteiger partial charge in [0, 0.05) is 20.6 Å². The van der Waals surface area contributed by atoms with E-state index in [1.165, 1.54) is 14.1 Å². The lowest BCUT2D eigenvalue weighted by molar-refractivity contribution is 0.521. The van der Waals surface area contributed by atoms with Crippen molar-refractivity contribution in [2.75, 3.05) is 25.1 Å². The number of rotatable bonds is 6. The highest BCUT2D eigenvalue weighted by molar-refractivity contribution is 7.89. The van der Waals surface area contributed by atoms with Gasteiger partial charge in [0.05, 0.1) is 6.54 Å². The minimum Gasteiger partial charge on any atom is -0.382 e. The van der Waals surface area contributed by atoms with Crippen molar-refractivity contribution in [3.63, 3.8) is 0 Å². The molecule has 21 heavy (non-hydrogen) atoms. The van der Waals surface area contributed by atoms with E-state index in [0.717, 1.165) is 22.4 Å². The monoisotopic (exact) mass is 331 g/mol. The fourth-order valence-electron chi connectivity index (χ4n) is 1.68. The minimum atomic E-state index is -3.65. The molecule has 2 rings (SSSR count). The van der Waals surface area contributed by atoms with Crippen LogP contribution in [0.5, 0.6) is 0 Å². The summed E-state index contributed by atoms with van der Waals surface area (Å²) in [6.07, 6.45) is 1.62. The predicted molar refractivity (Wildman–Crippen MR) is 80.4 cm³/mol. The highest BCUT2D eigenvalue weighted by atomic mass is 32.2. The molecule has 0 aromatic carbocycles. The Kier molecular flexibility index (Phi) is 4.44. The van der Waals surface area contributed by atoms with E-state index in [1.54, 1.807) is 6.33 Å². The number of aryl methyl sites for hydroxylation is 1. The predicted octanol–water partition coefficient (Wildman–Crippen LogP) is 0.199. The van der Waals surface area contributed by atoms with Gasteiger partial charge in [0.1, 0.15) is 11.3 Å². The SMILES string of the molecule is CCn1cnnc1CNc1snc(N)c1S(=O)(=O)N(C)C. The summed E-state index contributed by atoms with van der Waals surface area (Å²) in [6, 6.07) is 0. The summed E-state index contributed by atoms with van der Waals surface area (Å²) in [5, 5.41) is 11.2. The second kappa shape index (κ2) is 5.95. The maximum atomic E-state index is 12.3.